The second kappa shape index (κ2) is 6.19. The van der Waals surface area contributed by atoms with Crippen molar-refractivity contribution in [2.45, 2.75) is 23.8 Å². The fourth-order valence-electron chi connectivity index (χ4n) is 2.95. The summed E-state index contributed by atoms with van der Waals surface area (Å²) in [4.78, 5) is 2.28. The SMILES string of the molecule is N/C(=N\O)c1cccc(Oc2ccc3c(c2)S(=O)(=O)NCN3C2CC2)c1. The summed E-state index contributed by atoms with van der Waals surface area (Å²) in [5, 5.41) is 11.7. The number of sulfonamides is 1. The van der Waals surface area contributed by atoms with E-state index in [9.17, 15) is 8.42 Å². The van der Waals surface area contributed by atoms with Crippen molar-refractivity contribution >= 4 is 21.5 Å². The summed E-state index contributed by atoms with van der Waals surface area (Å²) < 4.78 is 33.2. The summed E-state index contributed by atoms with van der Waals surface area (Å²) in [5.41, 5.74) is 6.78. The molecule has 0 saturated heterocycles. The molecule has 8 nitrogen and oxygen atoms in total. The summed E-state index contributed by atoms with van der Waals surface area (Å²) in [5.74, 6) is 0.811. The van der Waals surface area contributed by atoms with Gasteiger partial charge in [0, 0.05) is 17.7 Å². The molecule has 2 aromatic carbocycles. The van der Waals surface area contributed by atoms with Crippen molar-refractivity contribution in [2.24, 2.45) is 10.9 Å². The number of anilines is 1. The molecule has 9 heteroatoms. The second-order valence-electron chi connectivity index (χ2n) is 6.25. The van der Waals surface area contributed by atoms with Gasteiger partial charge in [0.1, 0.15) is 16.4 Å². The first kappa shape index (κ1) is 16.7. The maximum Gasteiger partial charge on any atom is 0.244 e. The van der Waals surface area contributed by atoms with Gasteiger partial charge in [-0.05, 0) is 37.1 Å². The van der Waals surface area contributed by atoms with E-state index < -0.39 is 10.0 Å². The number of benzene rings is 2. The van der Waals surface area contributed by atoms with Crippen molar-refractivity contribution in [3.05, 3.63) is 48.0 Å². The third-order valence-electron chi connectivity index (χ3n) is 4.42. The van der Waals surface area contributed by atoms with Crippen LogP contribution in [0.2, 0.25) is 0 Å². The number of hydrogen-bond donors (Lipinski definition) is 3. The Morgan fingerprint density at radius 2 is 2.00 bits per heavy atom. The topological polar surface area (TPSA) is 117 Å². The molecule has 1 aliphatic carbocycles. The van der Waals surface area contributed by atoms with Crippen molar-refractivity contribution < 1.29 is 18.4 Å². The van der Waals surface area contributed by atoms with E-state index in [1.54, 1.807) is 36.4 Å². The molecular formula is C17H18N4O4S. The van der Waals surface area contributed by atoms with Crippen LogP contribution in [0.1, 0.15) is 18.4 Å². The summed E-state index contributed by atoms with van der Waals surface area (Å²) >= 11 is 0. The minimum atomic E-state index is -3.56. The Morgan fingerprint density at radius 1 is 1.23 bits per heavy atom. The maximum atomic E-state index is 12.4. The van der Waals surface area contributed by atoms with Gasteiger partial charge >= 0.3 is 0 Å². The molecule has 1 saturated carbocycles. The minimum absolute atomic E-state index is 0.0345. The summed E-state index contributed by atoms with van der Waals surface area (Å²) in [6.07, 6.45) is 2.14. The molecule has 26 heavy (non-hydrogen) atoms. The number of oxime groups is 1. The van der Waals surface area contributed by atoms with Gasteiger partial charge in [0.15, 0.2) is 5.84 Å². The highest BCUT2D eigenvalue weighted by Crippen LogP contribution is 2.39. The molecule has 0 amide bonds. The van der Waals surface area contributed by atoms with E-state index in [0.717, 1.165) is 12.8 Å². The first-order valence-electron chi connectivity index (χ1n) is 8.14. The van der Waals surface area contributed by atoms with Crippen LogP contribution in [0.25, 0.3) is 0 Å². The fraction of sp³-hybridized carbons (Fsp3) is 0.235. The van der Waals surface area contributed by atoms with Crippen LogP contribution < -0.4 is 20.1 Å². The molecule has 0 bridgehead atoms. The van der Waals surface area contributed by atoms with Crippen LogP contribution in [-0.4, -0.2) is 32.2 Å². The van der Waals surface area contributed by atoms with Gasteiger partial charge in [-0.15, -0.1) is 0 Å². The first-order chi connectivity index (χ1) is 12.5. The summed E-state index contributed by atoms with van der Waals surface area (Å²) in [7, 11) is -3.56. The lowest BCUT2D eigenvalue weighted by atomic mass is 10.2. The number of nitrogens with two attached hydrogens (primary N) is 1. The third kappa shape index (κ3) is 3.06. The lowest BCUT2D eigenvalue weighted by Gasteiger charge is -2.31. The molecule has 1 aliphatic heterocycles. The molecule has 2 aliphatic rings. The Bertz CT molecular complexity index is 986. The van der Waals surface area contributed by atoms with Crippen LogP contribution in [-0.2, 0) is 10.0 Å². The van der Waals surface area contributed by atoms with Crippen LogP contribution in [0.5, 0.6) is 11.5 Å². The second-order valence-corrected chi connectivity index (χ2v) is 7.99. The molecule has 1 fully saturated rings. The normalized spacial score (nSPS) is 19.1. The number of fused-ring (bicyclic) bond motifs is 1. The van der Waals surface area contributed by atoms with Gasteiger partial charge in [-0.1, -0.05) is 17.3 Å². The molecule has 0 radical (unpaired) electrons. The Labute approximate surface area is 150 Å². The van der Waals surface area contributed by atoms with Gasteiger partial charge in [-0.2, -0.15) is 4.72 Å². The molecule has 0 unspecified atom stereocenters. The number of nitrogens with one attached hydrogen (secondary N) is 1. The number of ether oxygens (including phenoxy) is 1. The number of nitrogens with zero attached hydrogens (tertiary/aromatic N) is 2. The molecule has 2 aromatic rings. The van der Waals surface area contributed by atoms with Crippen molar-refractivity contribution in [3.63, 3.8) is 0 Å². The van der Waals surface area contributed by atoms with Gasteiger partial charge in [-0.25, -0.2) is 8.42 Å². The van der Waals surface area contributed by atoms with Gasteiger partial charge in [0.05, 0.1) is 12.4 Å². The predicted octanol–water partition coefficient (Wildman–Crippen LogP) is 1.79. The zero-order valence-electron chi connectivity index (χ0n) is 13.8. The summed E-state index contributed by atoms with van der Waals surface area (Å²) in [6.45, 7) is 0.294. The van der Waals surface area contributed by atoms with Gasteiger partial charge < -0.3 is 20.6 Å². The Kier molecular flexibility index (Phi) is 3.97. The smallest absolute Gasteiger partial charge is 0.244 e. The van der Waals surface area contributed by atoms with E-state index in [0.29, 0.717) is 35.5 Å². The lowest BCUT2D eigenvalue weighted by molar-refractivity contribution is 0.318. The van der Waals surface area contributed by atoms with Crippen LogP contribution in [0, 0.1) is 0 Å². The Hall–Kier alpha value is -2.78. The molecule has 0 aromatic heterocycles. The first-order valence-corrected chi connectivity index (χ1v) is 9.62. The van der Waals surface area contributed by atoms with Crippen molar-refractivity contribution in [1.82, 2.24) is 4.72 Å². The van der Waals surface area contributed by atoms with Gasteiger partial charge in [0.25, 0.3) is 0 Å². The lowest BCUT2D eigenvalue weighted by Crippen LogP contribution is -2.44. The van der Waals surface area contributed by atoms with Crippen molar-refractivity contribution in [3.8, 4) is 11.5 Å². The highest BCUT2D eigenvalue weighted by atomic mass is 32.2. The standard InChI is InChI=1S/C17H18N4O4S/c18-17(20-22)11-2-1-3-13(8-11)25-14-6-7-15-16(9-14)26(23,24)19-10-21(15)12-4-5-12/h1-3,6-9,12,19,22H,4-5,10H2,(H2,18,20). The molecule has 1 heterocycles. The molecule has 4 rings (SSSR count). The van der Waals surface area contributed by atoms with E-state index in [1.807, 2.05) is 0 Å². The predicted molar refractivity (Wildman–Crippen MR) is 96.2 cm³/mol. The van der Waals surface area contributed by atoms with Crippen LogP contribution in [0.15, 0.2) is 52.5 Å². The Balaban J connectivity index is 1.67. The van der Waals surface area contributed by atoms with E-state index in [4.69, 9.17) is 15.7 Å². The fourth-order valence-corrected chi connectivity index (χ4v) is 4.15. The molecule has 4 N–H and O–H groups in total. The van der Waals surface area contributed by atoms with Crippen LogP contribution >= 0.6 is 0 Å². The molecular weight excluding hydrogens is 356 g/mol. The van der Waals surface area contributed by atoms with E-state index >= 15 is 0 Å². The third-order valence-corrected chi connectivity index (χ3v) is 5.83. The van der Waals surface area contributed by atoms with E-state index in [1.165, 1.54) is 6.07 Å². The molecule has 0 atom stereocenters. The molecule has 136 valence electrons. The van der Waals surface area contributed by atoms with E-state index in [-0.39, 0.29) is 10.7 Å². The van der Waals surface area contributed by atoms with Crippen molar-refractivity contribution in [1.29, 1.82) is 0 Å². The van der Waals surface area contributed by atoms with Crippen LogP contribution in [0.4, 0.5) is 5.69 Å². The average Bonchev–Trinajstić information content (AvgIpc) is 3.47. The average molecular weight is 374 g/mol. The number of rotatable bonds is 4. The summed E-state index contributed by atoms with van der Waals surface area (Å²) in [6, 6.07) is 12.1. The maximum absolute atomic E-state index is 12.4. The monoisotopic (exact) mass is 374 g/mol. The van der Waals surface area contributed by atoms with E-state index in [2.05, 4.69) is 14.8 Å². The van der Waals surface area contributed by atoms with Crippen molar-refractivity contribution in [2.75, 3.05) is 11.6 Å². The van der Waals surface area contributed by atoms with Crippen LogP contribution in [0.3, 0.4) is 0 Å². The molecule has 0 spiro atoms. The largest absolute Gasteiger partial charge is 0.457 e. The quantitative estimate of drug-likeness (QED) is 0.325. The highest BCUT2D eigenvalue weighted by molar-refractivity contribution is 7.89. The minimum Gasteiger partial charge on any atom is -0.457 e. The zero-order chi connectivity index (χ0) is 18.3. The number of hydrogen-bond acceptors (Lipinski definition) is 6. The van der Waals surface area contributed by atoms with Gasteiger partial charge in [-0.3, -0.25) is 0 Å². The van der Waals surface area contributed by atoms with Gasteiger partial charge in [0.2, 0.25) is 10.0 Å². The Morgan fingerprint density at radius 3 is 2.73 bits per heavy atom. The highest BCUT2D eigenvalue weighted by Gasteiger charge is 2.36. The number of amidine groups is 1. The zero-order valence-corrected chi connectivity index (χ0v) is 14.6.